The number of pyridine rings is 1. The summed E-state index contributed by atoms with van der Waals surface area (Å²) in [4.78, 5) is 3.63. The molecule has 2 N–H and O–H groups in total. The lowest BCUT2D eigenvalue weighted by atomic mass is 9.86. The van der Waals surface area contributed by atoms with Gasteiger partial charge in [0.25, 0.3) is 5.88 Å². The predicted molar refractivity (Wildman–Crippen MR) is 78.5 cm³/mol. The summed E-state index contributed by atoms with van der Waals surface area (Å²) in [6.07, 6.45) is 0. The van der Waals surface area contributed by atoms with E-state index in [4.69, 9.17) is 10.5 Å². The Bertz CT molecular complexity index is 679. The van der Waals surface area contributed by atoms with Crippen molar-refractivity contribution in [3.05, 3.63) is 47.0 Å². The van der Waals surface area contributed by atoms with Crippen LogP contribution in [0.2, 0.25) is 0 Å². The second-order valence-electron chi connectivity index (χ2n) is 5.99. The number of rotatable bonds is 2. The molecule has 1 aromatic heterocycles. The number of nitrogens with zero attached hydrogens (tertiary/aromatic N) is 1. The quantitative estimate of drug-likeness (QED) is 0.895. The molecule has 1 heterocycles. The van der Waals surface area contributed by atoms with Crippen LogP contribution in [0.5, 0.6) is 11.6 Å². The Balaban J connectivity index is 2.49. The van der Waals surface area contributed by atoms with Gasteiger partial charge in [0, 0.05) is 11.6 Å². The third-order valence-electron chi connectivity index (χ3n) is 3.08. The third-order valence-corrected chi connectivity index (χ3v) is 3.08. The second-order valence-corrected chi connectivity index (χ2v) is 5.99. The van der Waals surface area contributed by atoms with Crippen molar-refractivity contribution in [2.45, 2.75) is 33.1 Å². The first-order valence-electron chi connectivity index (χ1n) is 6.59. The molecule has 0 radical (unpaired) electrons. The number of hydrogen-bond acceptors (Lipinski definition) is 3. The molecule has 2 aromatic rings. The molecule has 1 aromatic carbocycles. The zero-order chi connectivity index (χ0) is 15.8. The number of ether oxygens (including phenoxy) is 1. The van der Waals surface area contributed by atoms with Crippen LogP contribution >= 0.6 is 0 Å². The van der Waals surface area contributed by atoms with Crippen LogP contribution < -0.4 is 10.5 Å². The van der Waals surface area contributed by atoms with Crippen molar-refractivity contribution in [1.29, 1.82) is 0 Å². The van der Waals surface area contributed by atoms with E-state index in [0.717, 1.165) is 11.1 Å². The van der Waals surface area contributed by atoms with Crippen molar-refractivity contribution in [2.24, 2.45) is 0 Å². The van der Waals surface area contributed by atoms with Crippen LogP contribution in [-0.2, 0) is 5.41 Å². The van der Waals surface area contributed by atoms with Crippen molar-refractivity contribution in [3.8, 4) is 11.6 Å². The molecular formula is C16H18F2N2O. The third kappa shape index (κ3) is 3.29. The van der Waals surface area contributed by atoms with E-state index >= 15 is 0 Å². The maximum atomic E-state index is 13.8. The van der Waals surface area contributed by atoms with E-state index in [1.165, 1.54) is 0 Å². The number of nitrogen functional groups attached to an aromatic ring is 1. The fraction of sp³-hybridized carbons (Fsp3) is 0.312. The molecule has 0 aliphatic carbocycles. The van der Waals surface area contributed by atoms with E-state index in [1.54, 1.807) is 6.07 Å². The molecular weight excluding hydrogens is 274 g/mol. The van der Waals surface area contributed by atoms with Crippen molar-refractivity contribution < 1.29 is 13.5 Å². The second kappa shape index (κ2) is 5.31. The van der Waals surface area contributed by atoms with Gasteiger partial charge >= 0.3 is 0 Å². The maximum Gasteiger partial charge on any atom is 0.258 e. The summed E-state index contributed by atoms with van der Waals surface area (Å²) < 4.78 is 32.5. The number of aromatic nitrogens is 1. The zero-order valence-electron chi connectivity index (χ0n) is 12.5. The highest BCUT2D eigenvalue weighted by atomic mass is 19.1. The lowest BCUT2D eigenvalue weighted by molar-refractivity contribution is 0.404. The minimum absolute atomic E-state index is 0.189. The number of aryl methyl sites for hydroxylation is 1. The largest absolute Gasteiger partial charge is 0.436 e. The summed E-state index contributed by atoms with van der Waals surface area (Å²) in [5, 5.41) is 0. The fourth-order valence-electron chi connectivity index (χ4n) is 1.97. The lowest BCUT2D eigenvalue weighted by Gasteiger charge is -2.23. The Morgan fingerprint density at radius 3 is 2.38 bits per heavy atom. The Morgan fingerprint density at radius 1 is 1.10 bits per heavy atom. The highest BCUT2D eigenvalue weighted by molar-refractivity contribution is 5.44. The molecule has 5 heteroatoms. The van der Waals surface area contributed by atoms with Gasteiger partial charge in [-0.3, -0.25) is 0 Å². The van der Waals surface area contributed by atoms with Crippen molar-refractivity contribution in [3.63, 3.8) is 0 Å². The molecule has 112 valence electrons. The van der Waals surface area contributed by atoms with Crippen LogP contribution in [-0.4, -0.2) is 4.98 Å². The van der Waals surface area contributed by atoms with E-state index in [-0.39, 0.29) is 11.3 Å². The monoisotopic (exact) mass is 292 g/mol. The van der Waals surface area contributed by atoms with E-state index in [2.05, 4.69) is 4.98 Å². The van der Waals surface area contributed by atoms with Gasteiger partial charge in [-0.2, -0.15) is 4.98 Å². The summed E-state index contributed by atoms with van der Waals surface area (Å²) in [5.74, 6) is -2.02. The van der Waals surface area contributed by atoms with Crippen LogP contribution in [0, 0.1) is 18.6 Å². The minimum atomic E-state index is -0.903. The van der Waals surface area contributed by atoms with Gasteiger partial charge < -0.3 is 10.5 Å². The first-order valence-corrected chi connectivity index (χ1v) is 6.59. The number of hydrogen-bond donors (Lipinski definition) is 1. The van der Waals surface area contributed by atoms with E-state index < -0.39 is 17.5 Å². The van der Waals surface area contributed by atoms with Gasteiger partial charge in [0.1, 0.15) is 5.75 Å². The van der Waals surface area contributed by atoms with Crippen LogP contribution in [0.3, 0.4) is 0 Å². The Kier molecular flexibility index (Phi) is 3.85. The first-order chi connectivity index (χ1) is 9.68. The minimum Gasteiger partial charge on any atom is -0.436 e. The van der Waals surface area contributed by atoms with Crippen LogP contribution in [0.1, 0.15) is 31.9 Å². The summed E-state index contributed by atoms with van der Waals surface area (Å²) >= 11 is 0. The van der Waals surface area contributed by atoms with E-state index in [9.17, 15) is 8.78 Å². The number of benzene rings is 1. The average Bonchev–Trinajstić information content (AvgIpc) is 2.34. The molecule has 0 atom stereocenters. The van der Waals surface area contributed by atoms with Gasteiger partial charge in [-0.25, -0.2) is 8.78 Å². The molecule has 0 saturated carbocycles. The molecule has 3 nitrogen and oxygen atoms in total. The normalized spacial score (nSPS) is 11.5. The Labute approximate surface area is 122 Å². The molecule has 0 unspecified atom stereocenters. The van der Waals surface area contributed by atoms with Crippen molar-refractivity contribution >= 4 is 5.82 Å². The number of nitrogens with two attached hydrogens (primary N) is 1. The van der Waals surface area contributed by atoms with Crippen LogP contribution in [0.4, 0.5) is 14.6 Å². The van der Waals surface area contributed by atoms with Gasteiger partial charge in [0.05, 0.1) is 0 Å². The molecule has 21 heavy (non-hydrogen) atoms. The molecule has 0 saturated heterocycles. The van der Waals surface area contributed by atoms with Gasteiger partial charge in [0.2, 0.25) is 0 Å². The standard InChI is InChI=1S/C16H18F2N2O/c1-9-5-6-10(16(2,3)4)13(7-9)21-15-12(18)8-11(17)14(19)20-15/h5-8H,1-4H3,(H2,19,20). The SMILES string of the molecule is Cc1ccc(C(C)(C)C)c(Oc2nc(N)c(F)cc2F)c1. The summed E-state index contributed by atoms with van der Waals surface area (Å²) in [7, 11) is 0. The van der Waals surface area contributed by atoms with E-state index in [0.29, 0.717) is 11.8 Å². The number of halogens is 2. The van der Waals surface area contributed by atoms with Gasteiger partial charge in [-0.15, -0.1) is 0 Å². The first kappa shape index (κ1) is 15.2. The summed E-state index contributed by atoms with van der Waals surface area (Å²) in [6, 6.07) is 6.34. The van der Waals surface area contributed by atoms with Gasteiger partial charge in [-0.05, 0) is 24.0 Å². The molecule has 0 spiro atoms. The molecule has 0 bridgehead atoms. The highest BCUT2D eigenvalue weighted by Crippen LogP contribution is 2.35. The fourth-order valence-corrected chi connectivity index (χ4v) is 1.97. The smallest absolute Gasteiger partial charge is 0.258 e. The highest BCUT2D eigenvalue weighted by Gasteiger charge is 2.21. The maximum absolute atomic E-state index is 13.8. The molecule has 0 amide bonds. The Morgan fingerprint density at radius 2 is 1.76 bits per heavy atom. The number of anilines is 1. The average molecular weight is 292 g/mol. The van der Waals surface area contributed by atoms with Crippen LogP contribution in [0.15, 0.2) is 24.3 Å². The zero-order valence-corrected chi connectivity index (χ0v) is 12.5. The molecule has 0 aliphatic rings. The summed E-state index contributed by atoms with van der Waals surface area (Å²) in [5.41, 5.74) is 7.04. The van der Waals surface area contributed by atoms with Crippen LogP contribution in [0.25, 0.3) is 0 Å². The lowest BCUT2D eigenvalue weighted by Crippen LogP contribution is -2.13. The topological polar surface area (TPSA) is 48.1 Å². The molecule has 0 aliphatic heterocycles. The molecule has 2 rings (SSSR count). The predicted octanol–water partition coefficient (Wildman–Crippen LogP) is 4.34. The van der Waals surface area contributed by atoms with Gasteiger partial charge in [-0.1, -0.05) is 32.9 Å². The van der Waals surface area contributed by atoms with Gasteiger partial charge in [0.15, 0.2) is 17.5 Å². The van der Waals surface area contributed by atoms with Crippen molar-refractivity contribution in [2.75, 3.05) is 5.73 Å². The van der Waals surface area contributed by atoms with Crippen molar-refractivity contribution in [1.82, 2.24) is 4.98 Å². The summed E-state index contributed by atoms with van der Waals surface area (Å²) in [6.45, 7) is 7.97. The molecule has 0 fully saturated rings. The van der Waals surface area contributed by atoms with E-state index in [1.807, 2.05) is 39.8 Å². The Hall–Kier alpha value is -2.17.